The largest absolute Gasteiger partial charge is 0.454 e. The molecule has 1 aromatic carbocycles. The van der Waals surface area contributed by atoms with E-state index in [4.69, 9.17) is 15.2 Å². The van der Waals surface area contributed by atoms with Crippen LogP contribution in [0.4, 0.5) is 0 Å². The van der Waals surface area contributed by atoms with Crippen molar-refractivity contribution in [1.82, 2.24) is 5.32 Å². The summed E-state index contributed by atoms with van der Waals surface area (Å²) in [5.74, 6) is 1.26. The van der Waals surface area contributed by atoms with Crippen LogP contribution in [-0.2, 0) is 11.3 Å². The second kappa shape index (κ2) is 4.85. The Morgan fingerprint density at radius 2 is 2.31 bits per heavy atom. The Morgan fingerprint density at radius 3 is 3.12 bits per heavy atom. The average molecular weight is 222 g/mol. The Kier molecular flexibility index (Phi) is 3.26. The summed E-state index contributed by atoms with van der Waals surface area (Å²) in [6.07, 6.45) is 0.340. The number of ether oxygens (including phenoxy) is 2. The lowest BCUT2D eigenvalue weighted by atomic mass is 10.2. The third-order valence-electron chi connectivity index (χ3n) is 2.34. The van der Waals surface area contributed by atoms with Crippen molar-refractivity contribution in [3.05, 3.63) is 23.8 Å². The van der Waals surface area contributed by atoms with E-state index >= 15 is 0 Å². The molecule has 0 aromatic heterocycles. The van der Waals surface area contributed by atoms with Gasteiger partial charge in [0.05, 0.1) is 0 Å². The Balaban J connectivity index is 1.90. The van der Waals surface area contributed by atoms with Gasteiger partial charge < -0.3 is 20.5 Å². The van der Waals surface area contributed by atoms with Gasteiger partial charge in [-0.2, -0.15) is 0 Å². The van der Waals surface area contributed by atoms with Crippen LogP contribution in [-0.4, -0.2) is 19.2 Å². The molecule has 1 aliphatic heterocycles. The molecule has 5 nitrogen and oxygen atoms in total. The second-order valence-electron chi connectivity index (χ2n) is 3.54. The fourth-order valence-corrected chi connectivity index (χ4v) is 1.56. The summed E-state index contributed by atoms with van der Waals surface area (Å²) in [6.45, 7) is 1.48. The number of amides is 1. The number of benzene rings is 1. The zero-order chi connectivity index (χ0) is 11.4. The summed E-state index contributed by atoms with van der Waals surface area (Å²) in [4.78, 5) is 10.5. The van der Waals surface area contributed by atoms with Crippen molar-refractivity contribution in [1.29, 1.82) is 0 Å². The number of carbonyl (C=O) groups is 1. The zero-order valence-corrected chi connectivity index (χ0v) is 8.86. The molecule has 1 aliphatic rings. The minimum absolute atomic E-state index is 0.271. The predicted octanol–water partition coefficient (Wildman–Crippen LogP) is 0.380. The molecule has 2 rings (SSSR count). The summed E-state index contributed by atoms with van der Waals surface area (Å²) in [7, 11) is 0. The standard InChI is InChI=1S/C11H14N2O3/c12-10(14)4-5-13-6-8-2-1-3-9-11(8)16-7-15-9/h1-3,13H,4-7H2,(H2,12,14). The quantitative estimate of drug-likeness (QED) is 0.706. The van der Waals surface area contributed by atoms with Crippen molar-refractivity contribution in [2.45, 2.75) is 13.0 Å². The summed E-state index contributed by atoms with van der Waals surface area (Å²) >= 11 is 0. The third-order valence-corrected chi connectivity index (χ3v) is 2.34. The maximum Gasteiger partial charge on any atom is 0.231 e. The number of hydrogen-bond acceptors (Lipinski definition) is 4. The first kappa shape index (κ1) is 10.8. The highest BCUT2D eigenvalue weighted by atomic mass is 16.7. The summed E-state index contributed by atoms with van der Waals surface area (Å²) in [5, 5.41) is 3.13. The maximum atomic E-state index is 10.5. The number of fused-ring (bicyclic) bond motifs is 1. The highest BCUT2D eigenvalue weighted by molar-refractivity contribution is 5.73. The monoisotopic (exact) mass is 222 g/mol. The number of hydrogen-bond donors (Lipinski definition) is 2. The molecule has 86 valence electrons. The number of para-hydroxylation sites is 1. The van der Waals surface area contributed by atoms with Crippen LogP contribution in [0.5, 0.6) is 11.5 Å². The van der Waals surface area contributed by atoms with Crippen LogP contribution in [0, 0.1) is 0 Å². The van der Waals surface area contributed by atoms with E-state index in [2.05, 4.69) is 5.32 Å². The van der Waals surface area contributed by atoms with Gasteiger partial charge in [0.15, 0.2) is 11.5 Å². The minimum atomic E-state index is -0.301. The molecule has 5 heteroatoms. The predicted molar refractivity (Wildman–Crippen MR) is 58.1 cm³/mol. The fourth-order valence-electron chi connectivity index (χ4n) is 1.56. The molecule has 0 saturated carbocycles. The highest BCUT2D eigenvalue weighted by Crippen LogP contribution is 2.35. The Hall–Kier alpha value is -1.75. The molecule has 0 bridgehead atoms. The van der Waals surface area contributed by atoms with E-state index in [1.165, 1.54) is 0 Å². The lowest BCUT2D eigenvalue weighted by Crippen LogP contribution is -2.21. The van der Waals surface area contributed by atoms with Crippen LogP contribution >= 0.6 is 0 Å². The lowest BCUT2D eigenvalue weighted by Gasteiger charge is -2.06. The van der Waals surface area contributed by atoms with E-state index < -0.39 is 0 Å². The van der Waals surface area contributed by atoms with Gasteiger partial charge in [0.2, 0.25) is 12.7 Å². The highest BCUT2D eigenvalue weighted by Gasteiger charge is 2.16. The maximum absolute atomic E-state index is 10.5. The number of nitrogens with two attached hydrogens (primary N) is 1. The Morgan fingerprint density at radius 1 is 1.44 bits per heavy atom. The van der Waals surface area contributed by atoms with Crippen LogP contribution in [0.2, 0.25) is 0 Å². The number of primary amides is 1. The van der Waals surface area contributed by atoms with Gasteiger partial charge in [-0.15, -0.1) is 0 Å². The van der Waals surface area contributed by atoms with Gasteiger partial charge in [0.25, 0.3) is 0 Å². The van der Waals surface area contributed by atoms with E-state index in [0.29, 0.717) is 19.5 Å². The molecular weight excluding hydrogens is 208 g/mol. The van der Waals surface area contributed by atoms with Gasteiger partial charge in [0.1, 0.15) is 0 Å². The minimum Gasteiger partial charge on any atom is -0.454 e. The number of rotatable bonds is 5. The Labute approximate surface area is 93.5 Å². The molecule has 0 aliphatic carbocycles. The van der Waals surface area contributed by atoms with E-state index in [0.717, 1.165) is 17.1 Å². The summed E-state index contributed by atoms with van der Waals surface area (Å²) in [5.41, 5.74) is 6.07. The van der Waals surface area contributed by atoms with Crippen LogP contribution in [0.25, 0.3) is 0 Å². The topological polar surface area (TPSA) is 73.6 Å². The third kappa shape index (κ3) is 2.43. The van der Waals surface area contributed by atoms with E-state index in [1.807, 2.05) is 18.2 Å². The van der Waals surface area contributed by atoms with Crippen molar-refractivity contribution in [2.75, 3.05) is 13.3 Å². The molecule has 0 unspecified atom stereocenters. The van der Waals surface area contributed by atoms with Crippen molar-refractivity contribution in [3.8, 4) is 11.5 Å². The van der Waals surface area contributed by atoms with Gasteiger partial charge in [-0.05, 0) is 6.07 Å². The molecule has 1 amide bonds. The van der Waals surface area contributed by atoms with Crippen molar-refractivity contribution >= 4 is 5.91 Å². The first-order chi connectivity index (χ1) is 7.77. The van der Waals surface area contributed by atoms with Crippen molar-refractivity contribution in [2.24, 2.45) is 5.73 Å². The lowest BCUT2D eigenvalue weighted by molar-refractivity contribution is -0.117. The van der Waals surface area contributed by atoms with Gasteiger partial charge in [0, 0.05) is 25.1 Å². The van der Waals surface area contributed by atoms with Crippen LogP contribution in [0.3, 0.4) is 0 Å². The number of carbonyl (C=O) groups excluding carboxylic acids is 1. The van der Waals surface area contributed by atoms with Crippen LogP contribution < -0.4 is 20.5 Å². The summed E-state index contributed by atoms with van der Waals surface area (Å²) in [6, 6.07) is 5.75. The molecule has 0 saturated heterocycles. The average Bonchev–Trinajstić information content (AvgIpc) is 2.72. The fraction of sp³-hybridized carbons (Fsp3) is 0.364. The first-order valence-electron chi connectivity index (χ1n) is 5.14. The molecule has 0 radical (unpaired) electrons. The first-order valence-corrected chi connectivity index (χ1v) is 5.14. The molecular formula is C11H14N2O3. The zero-order valence-electron chi connectivity index (χ0n) is 8.86. The van der Waals surface area contributed by atoms with Gasteiger partial charge in [-0.1, -0.05) is 12.1 Å². The van der Waals surface area contributed by atoms with E-state index in [-0.39, 0.29) is 12.7 Å². The molecule has 3 N–H and O–H groups in total. The van der Waals surface area contributed by atoms with Crippen LogP contribution in [0.1, 0.15) is 12.0 Å². The van der Waals surface area contributed by atoms with Gasteiger partial charge in [-0.25, -0.2) is 0 Å². The normalized spacial score (nSPS) is 12.8. The molecule has 1 aromatic rings. The van der Waals surface area contributed by atoms with Gasteiger partial charge in [-0.3, -0.25) is 4.79 Å². The van der Waals surface area contributed by atoms with Gasteiger partial charge >= 0.3 is 0 Å². The number of nitrogens with one attached hydrogen (secondary N) is 1. The molecule has 0 spiro atoms. The SMILES string of the molecule is NC(=O)CCNCc1cccc2c1OCO2. The van der Waals surface area contributed by atoms with Crippen molar-refractivity contribution in [3.63, 3.8) is 0 Å². The Bertz CT molecular complexity index is 393. The van der Waals surface area contributed by atoms with E-state index in [1.54, 1.807) is 0 Å². The van der Waals surface area contributed by atoms with E-state index in [9.17, 15) is 4.79 Å². The van der Waals surface area contributed by atoms with Crippen molar-refractivity contribution < 1.29 is 14.3 Å². The van der Waals surface area contributed by atoms with Crippen LogP contribution in [0.15, 0.2) is 18.2 Å². The summed E-state index contributed by atoms with van der Waals surface area (Å²) < 4.78 is 10.6. The molecule has 1 heterocycles. The second-order valence-corrected chi connectivity index (χ2v) is 3.54. The molecule has 16 heavy (non-hydrogen) atoms. The molecule has 0 fully saturated rings. The molecule has 0 atom stereocenters. The smallest absolute Gasteiger partial charge is 0.231 e.